The molecule has 0 saturated carbocycles. The lowest BCUT2D eigenvalue weighted by Crippen LogP contribution is -1.96. The molecule has 0 spiro atoms. The summed E-state index contributed by atoms with van der Waals surface area (Å²) in [4.78, 5) is 0. The highest BCUT2D eigenvalue weighted by Gasteiger charge is 2.11. The van der Waals surface area contributed by atoms with E-state index < -0.39 is 6.10 Å². The second-order valence-corrected chi connectivity index (χ2v) is 4.12. The fourth-order valence-electron chi connectivity index (χ4n) is 1.26. The first-order valence-electron chi connectivity index (χ1n) is 4.64. The van der Waals surface area contributed by atoms with E-state index in [1.165, 1.54) is 4.68 Å². The Labute approximate surface area is 102 Å². The zero-order chi connectivity index (χ0) is 11.7. The quantitative estimate of drug-likeness (QED) is 0.900. The number of nitrogens with zero attached hydrogens (tertiary/aromatic N) is 3. The number of benzene rings is 1. The third-order valence-electron chi connectivity index (χ3n) is 2.12. The summed E-state index contributed by atoms with van der Waals surface area (Å²) < 4.78 is 1.48. The number of rotatable bonds is 2. The fourth-order valence-corrected chi connectivity index (χ4v) is 1.64. The van der Waals surface area contributed by atoms with Crippen molar-refractivity contribution in [2.75, 3.05) is 0 Å². The molecule has 2 aromatic rings. The molecule has 1 aromatic heterocycles. The van der Waals surface area contributed by atoms with Crippen molar-refractivity contribution in [3.63, 3.8) is 0 Å². The van der Waals surface area contributed by atoms with Gasteiger partial charge in [0.2, 0.25) is 0 Å². The number of hydrogen-bond donors (Lipinski definition) is 1. The minimum atomic E-state index is -0.660. The maximum atomic E-state index is 9.33. The average Bonchev–Trinajstić information content (AvgIpc) is 2.71. The highest BCUT2D eigenvalue weighted by atomic mass is 35.5. The summed E-state index contributed by atoms with van der Waals surface area (Å²) in [5.74, 6) is 0. The van der Waals surface area contributed by atoms with Gasteiger partial charge in [0.15, 0.2) is 0 Å². The molecule has 1 heterocycles. The van der Waals surface area contributed by atoms with Crippen molar-refractivity contribution in [1.82, 2.24) is 15.0 Å². The molecular formula is C10H9Cl2N3O. The molecule has 0 bridgehead atoms. The van der Waals surface area contributed by atoms with Crippen LogP contribution < -0.4 is 0 Å². The molecule has 1 N–H and O–H groups in total. The lowest BCUT2D eigenvalue weighted by molar-refractivity contribution is 0.194. The van der Waals surface area contributed by atoms with Crippen LogP contribution in [-0.4, -0.2) is 20.1 Å². The van der Waals surface area contributed by atoms with Crippen LogP contribution in [0.5, 0.6) is 0 Å². The molecule has 1 unspecified atom stereocenters. The molecule has 2 rings (SSSR count). The largest absolute Gasteiger partial charge is 0.387 e. The van der Waals surface area contributed by atoms with Crippen LogP contribution in [0.4, 0.5) is 0 Å². The van der Waals surface area contributed by atoms with Crippen molar-refractivity contribution in [3.8, 4) is 5.69 Å². The lowest BCUT2D eigenvalue weighted by Gasteiger charge is -2.04. The Morgan fingerprint density at radius 1 is 1.38 bits per heavy atom. The first-order valence-corrected chi connectivity index (χ1v) is 5.40. The van der Waals surface area contributed by atoms with Gasteiger partial charge in [-0.2, -0.15) is 0 Å². The SMILES string of the molecule is CC(O)c1cn(-c2cccc(Cl)c2Cl)nn1. The Morgan fingerprint density at radius 3 is 2.75 bits per heavy atom. The van der Waals surface area contributed by atoms with Crippen molar-refractivity contribution in [2.24, 2.45) is 0 Å². The van der Waals surface area contributed by atoms with E-state index in [0.29, 0.717) is 21.4 Å². The van der Waals surface area contributed by atoms with E-state index in [1.807, 2.05) is 0 Å². The first-order chi connectivity index (χ1) is 7.59. The minimum Gasteiger partial charge on any atom is -0.387 e. The third-order valence-corrected chi connectivity index (χ3v) is 2.93. The van der Waals surface area contributed by atoms with Crippen molar-refractivity contribution in [3.05, 3.63) is 40.1 Å². The van der Waals surface area contributed by atoms with E-state index in [9.17, 15) is 5.11 Å². The van der Waals surface area contributed by atoms with Gasteiger partial charge in [0.25, 0.3) is 0 Å². The molecule has 16 heavy (non-hydrogen) atoms. The Balaban J connectivity index is 2.47. The molecule has 0 saturated heterocycles. The molecule has 0 aliphatic rings. The molecule has 0 radical (unpaired) electrons. The maximum absolute atomic E-state index is 9.33. The zero-order valence-electron chi connectivity index (χ0n) is 8.43. The molecule has 0 aliphatic heterocycles. The average molecular weight is 258 g/mol. The number of halogens is 2. The molecule has 0 amide bonds. The number of aromatic nitrogens is 3. The van der Waals surface area contributed by atoms with E-state index in [0.717, 1.165) is 0 Å². The monoisotopic (exact) mass is 257 g/mol. The second kappa shape index (κ2) is 4.41. The minimum absolute atomic E-state index is 0.409. The highest BCUT2D eigenvalue weighted by Crippen LogP contribution is 2.28. The van der Waals surface area contributed by atoms with Crippen LogP contribution in [0.25, 0.3) is 5.69 Å². The molecule has 6 heteroatoms. The molecule has 0 aliphatic carbocycles. The van der Waals surface area contributed by atoms with Gasteiger partial charge in [-0.25, -0.2) is 4.68 Å². The van der Waals surface area contributed by atoms with Crippen molar-refractivity contribution >= 4 is 23.2 Å². The van der Waals surface area contributed by atoms with Crippen LogP contribution in [-0.2, 0) is 0 Å². The van der Waals surface area contributed by atoms with Crippen molar-refractivity contribution in [1.29, 1.82) is 0 Å². The number of aliphatic hydroxyl groups is 1. The first kappa shape index (κ1) is 11.4. The van der Waals surface area contributed by atoms with E-state index in [1.54, 1.807) is 31.3 Å². The highest BCUT2D eigenvalue weighted by molar-refractivity contribution is 6.43. The van der Waals surface area contributed by atoms with E-state index in [2.05, 4.69) is 10.3 Å². The van der Waals surface area contributed by atoms with Gasteiger partial charge >= 0.3 is 0 Å². The van der Waals surface area contributed by atoms with Crippen LogP contribution >= 0.6 is 23.2 Å². The Bertz CT molecular complexity index is 511. The summed E-state index contributed by atoms with van der Waals surface area (Å²) in [5.41, 5.74) is 1.12. The second-order valence-electron chi connectivity index (χ2n) is 3.34. The van der Waals surface area contributed by atoms with Crippen LogP contribution in [0.15, 0.2) is 24.4 Å². The predicted molar refractivity (Wildman–Crippen MR) is 62.0 cm³/mol. The molecule has 1 aromatic carbocycles. The molecule has 0 fully saturated rings. The Morgan fingerprint density at radius 2 is 2.12 bits per heavy atom. The summed E-state index contributed by atoms with van der Waals surface area (Å²) in [6, 6.07) is 5.24. The zero-order valence-corrected chi connectivity index (χ0v) is 9.94. The maximum Gasteiger partial charge on any atom is 0.111 e. The van der Waals surface area contributed by atoms with Gasteiger partial charge in [0.1, 0.15) is 5.69 Å². The van der Waals surface area contributed by atoms with Crippen molar-refractivity contribution in [2.45, 2.75) is 13.0 Å². The van der Waals surface area contributed by atoms with Gasteiger partial charge in [0, 0.05) is 0 Å². The van der Waals surface area contributed by atoms with Crippen LogP contribution in [0.2, 0.25) is 10.0 Å². The van der Waals surface area contributed by atoms with Crippen molar-refractivity contribution < 1.29 is 5.11 Å². The molecular weight excluding hydrogens is 249 g/mol. The summed E-state index contributed by atoms with van der Waals surface area (Å²) in [6.07, 6.45) is 0.953. The molecule has 1 atom stereocenters. The Kier molecular flexibility index (Phi) is 3.14. The van der Waals surface area contributed by atoms with Gasteiger partial charge in [-0.15, -0.1) is 5.10 Å². The van der Waals surface area contributed by atoms with Crippen LogP contribution in [0.3, 0.4) is 0 Å². The Hall–Kier alpha value is -1.10. The third kappa shape index (κ3) is 2.04. The van der Waals surface area contributed by atoms with Gasteiger partial charge in [-0.1, -0.05) is 34.5 Å². The summed E-state index contributed by atoms with van der Waals surface area (Å²) in [6.45, 7) is 1.62. The number of hydrogen-bond acceptors (Lipinski definition) is 3. The van der Waals surface area contributed by atoms with E-state index in [4.69, 9.17) is 23.2 Å². The fraction of sp³-hybridized carbons (Fsp3) is 0.200. The molecule has 84 valence electrons. The van der Waals surface area contributed by atoms with Crippen LogP contribution in [0, 0.1) is 0 Å². The summed E-state index contributed by atoms with van der Waals surface area (Å²) in [7, 11) is 0. The van der Waals surface area contributed by atoms with Gasteiger partial charge in [-0.3, -0.25) is 0 Å². The normalized spacial score (nSPS) is 12.8. The standard InChI is InChI=1S/C10H9Cl2N3O/c1-6(16)8-5-15(14-13-8)9-4-2-3-7(11)10(9)12/h2-6,16H,1H3. The predicted octanol–water partition coefficient (Wildman–Crippen LogP) is 2.63. The smallest absolute Gasteiger partial charge is 0.111 e. The van der Waals surface area contributed by atoms with E-state index in [-0.39, 0.29) is 0 Å². The molecule has 4 nitrogen and oxygen atoms in total. The van der Waals surface area contributed by atoms with Gasteiger partial charge in [-0.05, 0) is 19.1 Å². The number of aliphatic hydroxyl groups excluding tert-OH is 1. The topological polar surface area (TPSA) is 50.9 Å². The van der Waals surface area contributed by atoms with Gasteiger partial charge in [0.05, 0.1) is 28.0 Å². The van der Waals surface area contributed by atoms with E-state index >= 15 is 0 Å². The summed E-state index contributed by atoms with van der Waals surface area (Å²) >= 11 is 11.9. The summed E-state index contributed by atoms with van der Waals surface area (Å²) in [5, 5.41) is 17.9. The van der Waals surface area contributed by atoms with Crippen LogP contribution in [0.1, 0.15) is 18.7 Å². The lowest BCUT2D eigenvalue weighted by atomic mass is 10.3. The van der Waals surface area contributed by atoms with Gasteiger partial charge < -0.3 is 5.11 Å².